The van der Waals surface area contributed by atoms with E-state index in [1.165, 1.54) is 40.4 Å². The van der Waals surface area contributed by atoms with Gasteiger partial charge in [-0.25, -0.2) is 4.79 Å². The normalized spacial score (nSPS) is 22.4. The standard InChI is InChI=1S/C25H28N2O2/c1-15-11-21(16-3-4-16)22(20-9-10-26-24(15)20)12-19-13-27(2)14-23(19)17-5-7-18(8-6-17)25(28)29/h5-11,16,19,23,26H,3-4,12-14H2,1-2H3,(H,28,29). The van der Waals surface area contributed by atoms with Crippen molar-refractivity contribution in [3.63, 3.8) is 0 Å². The Morgan fingerprint density at radius 2 is 1.93 bits per heavy atom. The SMILES string of the molecule is Cc1cc(C2CC2)c(CC2CN(C)CC2c2ccc(C(=O)O)cc2)c2cc[nH]c12. The van der Waals surface area contributed by atoms with Gasteiger partial charge in [0, 0.05) is 36.1 Å². The second kappa shape index (κ2) is 7.03. The molecule has 2 atom stereocenters. The molecular formula is C25H28N2O2. The summed E-state index contributed by atoms with van der Waals surface area (Å²) in [5.41, 5.74) is 7.33. The van der Waals surface area contributed by atoms with Crippen LogP contribution in [0.5, 0.6) is 0 Å². The summed E-state index contributed by atoms with van der Waals surface area (Å²) >= 11 is 0. The van der Waals surface area contributed by atoms with Crippen LogP contribution in [0, 0.1) is 12.8 Å². The van der Waals surface area contributed by atoms with Gasteiger partial charge in [0.15, 0.2) is 0 Å². The summed E-state index contributed by atoms with van der Waals surface area (Å²) in [5, 5.41) is 10.6. The van der Waals surface area contributed by atoms with Crippen molar-refractivity contribution in [2.45, 2.75) is 38.0 Å². The number of carboxylic acid groups (broad SMARTS) is 1. The number of hydrogen-bond donors (Lipinski definition) is 2. The van der Waals surface area contributed by atoms with Crippen LogP contribution < -0.4 is 0 Å². The lowest BCUT2D eigenvalue weighted by Crippen LogP contribution is -2.16. The van der Waals surface area contributed by atoms with Crippen molar-refractivity contribution in [1.82, 2.24) is 9.88 Å². The van der Waals surface area contributed by atoms with E-state index in [9.17, 15) is 9.90 Å². The van der Waals surface area contributed by atoms with Crippen LogP contribution >= 0.6 is 0 Å². The Kier molecular flexibility index (Phi) is 4.47. The summed E-state index contributed by atoms with van der Waals surface area (Å²) < 4.78 is 0. The second-order valence-corrected chi connectivity index (χ2v) is 9.02. The second-order valence-electron chi connectivity index (χ2n) is 9.02. The maximum atomic E-state index is 11.2. The Morgan fingerprint density at radius 1 is 1.17 bits per heavy atom. The molecule has 0 spiro atoms. The molecule has 1 saturated carbocycles. The van der Waals surface area contributed by atoms with Crippen LogP contribution in [-0.4, -0.2) is 41.1 Å². The quantitative estimate of drug-likeness (QED) is 0.651. The molecule has 2 N–H and O–H groups in total. The molecule has 150 valence electrons. The third-order valence-corrected chi connectivity index (χ3v) is 6.88. The molecule has 0 bridgehead atoms. The van der Waals surface area contributed by atoms with Crippen LogP contribution in [0.15, 0.2) is 42.6 Å². The van der Waals surface area contributed by atoms with Crippen molar-refractivity contribution in [1.29, 1.82) is 0 Å². The number of aromatic carboxylic acids is 1. The topological polar surface area (TPSA) is 56.3 Å². The fraction of sp³-hybridized carbons (Fsp3) is 0.400. The molecule has 1 aromatic heterocycles. The minimum absolute atomic E-state index is 0.361. The number of nitrogens with one attached hydrogen (secondary N) is 1. The molecule has 1 saturated heterocycles. The van der Waals surface area contributed by atoms with Gasteiger partial charge in [0.1, 0.15) is 0 Å². The van der Waals surface area contributed by atoms with E-state index in [1.807, 2.05) is 12.1 Å². The summed E-state index contributed by atoms with van der Waals surface area (Å²) in [6.45, 7) is 4.32. The molecule has 0 radical (unpaired) electrons. The summed E-state index contributed by atoms with van der Waals surface area (Å²) in [7, 11) is 2.20. The Morgan fingerprint density at radius 3 is 2.62 bits per heavy atom. The highest BCUT2D eigenvalue weighted by Gasteiger charge is 2.35. The number of fused-ring (bicyclic) bond motifs is 1. The molecule has 2 unspecified atom stereocenters. The van der Waals surface area contributed by atoms with E-state index in [1.54, 1.807) is 17.7 Å². The number of rotatable bonds is 5. The summed E-state index contributed by atoms with van der Waals surface area (Å²) in [4.78, 5) is 17.1. The highest BCUT2D eigenvalue weighted by atomic mass is 16.4. The third-order valence-electron chi connectivity index (χ3n) is 6.88. The van der Waals surface area contributed by atoms with E-state index in [0.29, 0.717) is 17.4 Å². The number of aryl methyl sites for hydroxylation is 1. The van der Waals surface area contributed by atoms with Crippen molar-refractivity contribution in [2.24, 2.45) is 5.92 Å². The molecule has 5 rings (SSSR count). The molecule has 1 aliphatic carbocycles. The zero-order chi connectivity index (χ0) is 20.1. The van der Waals surface area contributed by atoms with Crippen molar-refractivity contribution in [3.05, 3.63) is 70.4 Å². The minimum atomic E-state index is -0.861. The lowest BCUT2D eigenvalue weighted by molar-refractivity contribution is 0.0697. The fourth-order valence-corrected chi connectivity index (χ4v) is 5.29. The molecular weight excluding hydrogens is 360 g/mol. The van der Waals surface area contributed by atoms with Crippen LogP contribution in [-0.2, 0) is 6.42 Å². The maximum Gasteiger partial charge on any atom is 0.335 e. The fourth-order valence-electron chi connectivity index (χ4n) is 5.29. The van der Waals surface area contributed by atoms with E-state index >= 15 is 0 Å². The van der Waals surface area contributed by atoms with E-state index < -0.39 is 5.97 Å². The van der Waals surface area contributed by atoms with Crippen LogP contribution in [0.3, 0.4) is 0 Å². The highest BCUT2D eigenvalue weighted by Crippen LogP contribution is 2.46. The Balaban J connectivity index is 1.50. The smallest absolute Gasteiger partial charge is 0.335 e. The van der Waals surface area contributed by atoms with Gasteiger partial charge in [0.05, 0.1) is 5.56 Å². The number of carbonyl (C=O) groups is 1. The molecule has 3 aromatic rings. The van der Waals surface area contributed by atoms with Crippen molar-refractivity contribution in [2.75, 3.05) is 20.1 Å². The molecule has 4 nitrogen and oxygen atoms in total. The number of likely N-dealkylation sites (N-methyl/N-ethyl adjacent to an activating group) is 1. The summed E-state index contributed by atoms with van der Waals surface area (Å²) in [5.74, 6) is 0.842. The number of likely N-dealkylation sites (tertiary alicyclic amines) is 1. The first kappa shape index (κ1) is 18.4. The molecule has 2 fully saturated rings. The number of H-pyrrole nitrogens is 1. The maximum absolute atomic E-state index is 11.2. The number of aromatic nitrogens is 1. The van der Waals surface area contributed by atoms with Gasteiger partial charge in [0.25, 0.3) is 0 Å². The van der Waals surface area contributed by atoms with E-state index in [0.717, 1.165) is 25.4 Å². The van der Waals surface area contributed by atoms with E-state index in [2.05, 4.69) is 42.2 Å². The third kappa shape index (κ3) is 3.36. The lowest BCUT2D eigenvalue weighted by Gasteiger charge is -2.22. The molecule has 0 amide bonds. The predicted octanol–water partition coefficient (Wildman–Crippen LogP) is 4.94. The first-order valence-corrected chi connectivity index (χ1v) is 10.6. The van der Waals surface area contributed by atoms with Crippen LogP contribution in [0.1, 0.15) is 57.3 Å². The molecule has 2 aliphatic rings. The Labute approximate surface area is 171 Å². The molecule has 2 aromatic carbocycles. The van der Waals surface area contributed by atoms with Crippen molar-refractivity contribution >= 4 is 16.9 Å². The number of benzene rings is 2. The molecule has 1 aliphatic heterocycles. The van der Waals surface area contributed by atoms with E-state index in [-0.39, 0.29) is 0 Å². The van der Waals surface area contributed by atoms with Crippen molar-refractivity contribution in [3.8, 4) is 0 Å². The minimum Gasteiger partial charge on any atom is -0.478 e. The van der Waals surface area contributed by atoms with Crippen molar-refractivity contribution < 1.29 is 9.90 Å². The van der Waals surface area contributed by atoms with Gasteiger partial charge in [-0.05, 0) is 85.5 Å². The molecule has 2 heterocycles. The van der Waals surface area contributed by atoms with E-state index in [4.69, 9.17) is 0 Å². The van der Waals surface area contributed by atoms with Gasteiger partial charge in [-0.15, -0.1) is 0 Å². The van der Waals surface area contributed by atoms with Gasteiger partial charge < -0.3 is 15.0 Å². The lowest BCUT2D eigenvalue weighted by atomic mass is 9.82. The Hall–Kier alpha value is -2.59. The number of nitrogens with zero attached hydrogens (tertiary/aromatic N) is 1. The van der Waals surface area contributed by atoms with Gasteiger partial charge >= 0.3 is 5.97 Å². The monoisotopic (exact) mass is 388 g/mol. The zero-order valence-electron chi connectivity index (χ0n) is 17.1. The van der Waals surface area contributed by atoms with Crippen LogP contribution in [0.2, 0.25) is 0 Å². The average molecular weight is 389 g/mol. The summed E-state index contributed by atoms with van der Waals surface area (Å²) in [6.07, 6.45) is 5.77. The van der Waals surface area contributed by atoms with Gasteiger partial charge in [0.2, 0.25) is 0 Å². The number of hydrogen-bond acceptors (Lipinski definition) is 2. The molecule has 4 heteroatoms. The number of aromatic amines is 1. The predicted molar refractivity (Wildman–Crippen MR) is 116 cm³/mol. The first-order chi connectivity index (χ1) is 14.0. The molecule has 29 heavy (non-hydrogen) atoms. The van der Waals surface area contributed by atoms with Gasteiger partial charge in [-0.1, -0.05) is 18.2 Å². The van der Waals surface area contributed by atoms with Gasteiger partial charge in [-0.2, -0.15) is 0 Å². The highest BCUT2D eigenvalue weighted by molar-refractivity contribution is 5.88. The Bertz CT molecular complexity index is 1060. The number of carboxylic acids is 1. The first-order valence-electron chi connectivity index (χ1n) is 10.6. The zero-order valence-corrected chi connectivity index (χ0v) is 17.1. The summed E-state index contributed by atoms with van der Waals surface area (Å²) in [6, 6.07) is 12.2. The largest absolute Gasteiger partial charge is 0.478 e. The van der Waals surface area contributed by atoms with Gasteiger partial charge in [-0.3, -0.25) is 0 Å². The average Bonchev–Trinajstić information content (AvgIpc) is 3.30. The van der Waals surface area contributed by atoms with Crippen LogP contribution in [0.25, 0.3) is 10.9 Å². The van der Waals surface area contributed by atoms with Crippen LogP contribution in [0.4, 0.5) is 0 Å².